The molecule has 2 rings (SSSR count). The van der Waals surface area contributed by atoms with E-state index in [4.69, 9.17) is 0 Å². The fourth-order valence-electron chi connectivity index (χ4n) is 2.83. The number of β-amino-alcohol motifs (C(OH)–C–C–N with tert-alkyl or cyclic N) is 1. The summed E-state index contributed by atoms with van der Waals surface area (Å²) < 4.78 is 0. The van der Waals surface area contributed by atoms with Gasteiger partial charge in [0.05, 0.1) is 5.60 Å². The van der Waals surface area contributed by atoms with Crippen LogP contribution in [0.2, 0.25) is 0 Å². The minimum atomic E-state index is -0.474. The van der Waals surface area contributed by atoms with Crippen LogP contribution in [0, 0.1) is 5.41 Å². The van der Waals surface area contributed by atoms with Gasteiger partial charge in [-0.3, -0.25) is 4.90 Å². The smallest absolute Gasteiger partial charge is 0.0746 e. The highest BCUT2D eigenvalue weighted by Gasteiger charge is 2.32. The summed E-state index contributed by atoms with van der Waals surface area (Å²) in [6.45, 7) is 10.8. The molecule has 1 saturated carbocycles. The van der Waals surface area contributed by atoms with Gasteiger partial charge in [0.2, 0.25) is 0 Å². The average molecular weight is 240 g/mol. The van der Waals surface area contributed by atoms with Crippen LogP contribution in [0.25, 0.3) is 0 Å². The van der Waals surface area contributed by atoms with Gasteiger partial charge in [-0.2, -0.15) is 0 Å². The third-order valence-electron chi connectivity index (χ3n) is 3.85. The molecule has 100 valence electrons. The van der Waals surface area contributed by atoms with Gasteiger partial charge < -0.3 is 10.4 Å². The van der Waals surface area contributed by atoms with E-state index in [0.717, 1.165) is 45.1 Å². The van der Waals surface area contributed by atoms with Crippen LogP contribution in [0.3, 0.4) is 0 Å². The van der Waals surface area contributed by atoms with Gasteiger partial charge in [0.1, 0.15) is 0 Å². The summed E-state index contributed by atoms with van der Waals surface area (Å²) >= 11 is 0. The van der Waals surface area contributed by atoms with E-state index >= 15 is 0 Å². The molecule has 1 aliphatic carbocycles. The lowest BCUT2D eigenvalue weighted by Crippen LogP contribution is -2.50. The lowest BCUT2D eigenvalue weighted by molar-refractivity contribution is -0.0254. The number of hydrogen-bond acceptors (Lipinski definition) is 3. The van der Waals surface area contributed by atoms with Crippen molar-refractivity contribution in [3.8, 4) is 0 Å². The Hall–Kier alpha value is -0.120. The highest BCUT2D eigenvalue weighted by molar-refractivity contribution is 4.88. The molecule has 0 amide bonds. The highest BCUT2D eigenvalue weighted by atomic mass is 16.3. The molecule has 3 heteroatoms. The molecule has 0 radical (unpaired) electrons. The summed E-state index contributed by atoms with van der Waals surface area (Å²) in [7, 11) is 0. The Bertz CT molecular complexity index is 259. The predicted molar refractivity (Wildman–Crippen MR) is 71.1 cm³/mol. The zero-order valence-electron chi connectivity index (χ0n) is 11.6. The first kappa shape index (κ1) is 13.3. The molecule has 2 N–H and O–H groups in total. The Balaban J connectivity index is 1.77. The molecule has 0 bridgehead atoms. The number of piperidine rings is 1. The van der Waals surface area contributed by atoms with E-state index in [1.54, 1.807) is 0 Å². The number of likely N-dealkylation sites (tertiary alicyclic amines) is 1. The highest BCUT2D eigenvalue weighted by Crippen LogP contribution is 2.26. The van der Waals surface area contributed by atoms with Gasteiger partial charge in [0.25, 0.3) is 0 Å². The lowest BCUT2D eigenvalue weighted by Gasteiger charge is -2.40. The topological polar surface area (TPSA) is 35.5 Å². The Morgan fingerprint density at radius 2 is 2.12 bits per heavy atom. The molecule has 1 unspecified atom stereocenters. The van der Waals surface area contributed by atoms with E-state index in [1.807, 2.05) is 6.92 Å². The molecule has 1 aliphatic heterocycles. The number of rotatable bonds is 5. The van der Waals surface area contributed by atoms with Crippen molar-refractivity contribution in [2.75, 3.05) is 26.2 Å². The fraction of sp³-hybridized carbons (Fsp3) is 1.00. The van der Waals surface area contributed by atoms with Crippen LogP contribution in [0.4, 0.5) is 0 Å². The lowest BCUT2D eigenvalue weighted by atomic mass is 9.89. The van der Waals surface area contributed by atoms with E-state index < -0.39 is 5.60 Å². The normalized spacial score (nSPS) is 31.8. The summed E-state index contributed by atoms with van der Waals surface area (Å²) in [6, 6.07) is 0.790. The molecule has 17 heavy (non-hydrogen) atoms. The summed E-state index contributed by atoms with van der Waals surface area (Å²) in [5.74, 6) is 0. The zero-order valence-corrected chi connectivity index (χ0v) is 11.6. The summed E-state index contributed by atoms with van der Waals surface area (Å²) in [6.07, 6.45) is 4.78. The number of hydrogen-bond donors (Lipinski definition) is 2. The van der Waals surface area contributed by atoms with E-state index in [1.165, 1.54) is 12.8 Å². The second-order valence-electron chi connectivity index (χ2n) is 7.13. The van der Waals surface area contributed by atoms with Crippen molar-refractivity contribution in [1.82, 2.24) is 10.2 Å². The summed E-state index contributed by atoms with van der Waals surface area (Å²) in [4.78, 5) is 2.43. The molecule has 0 aromatic rings. The van der Waals surface area contributed by atoms with Crippen molar-refractivity contribution in [2.24, 2.45) is 5.41 Å². The summed E-state index contributed by atoms with van der Waals surface area (Å²) in [5, 5.41) is 13.7. The number of nitrogens with one attached hydrogen (secondary N) is 1. The third-order valence-corrected chi connectivity index (χ3v) is 3.85. The SMILES string of the molecule is CC(C)(CNC1CC1)CN1CCCC(C)(O)C1. The second-order valence-corrected chi connectivity index (χ2v) is 7.13. The molecule has 1 heterocycles. The van der Waals surface area contributed by atoms with Crippen LogP contribution in [0.1, 0.15) is 46.5 Å². The first-order valence-corrected chi connectivity index (χ1v) is 7.05. The number of nitrogens with zero attached hydrogens (tertiary/aromatic N) is 1. The third kappa shape index (κ3) is 4.57. The van der Waals surface area contributed by atoms with Crippen molar-refractivity contribution < 1.29 is 5.11 Å². The molecule has 0 spiro atoms. The van der Waals surface area contributed by atoms with E-state index in [0.29, 0.717) is 5.41 Å². The Morgan fingerprint density at radius 3 is 2.71 bits per heavy atom. The van der Waals surface area contributed by atoms with Crippen LogP contribution in [-0.4, -0.2) is 47.8 Å². The van der Waals surface area contributed by atoms with Crippen molar-refractivity contribution in [1.29, 1.82) is 0 Å². The van der Waals surface area contributed by atoms with Gasteiger partial charge >= 0.3 is 0 Å². The van der Waals surface area contributed by atoms with Crippen LogP contribution >= 0.6 is 0 Å². The first-order valence-electron chi connectivity index (χ1n) is 7.05. The van der Waals surface area contributed by atoms with Gasteiger partial charge in [-0.15, -0.1) is 0 Å². The van der Waals surface area contributed by atoms with Gasteiger partial charge in [0, 0.05) is 25.7 Å². The van der Waals surface area contributed by atoms with Crippen LogP contribution in [-0.2, 0) is 0 Å². The van der Waals surface area contributed by atoms with Gasteiger partial charge in [-0.1, -0.05) is 13.8 Å². The first-order chi connectivity index (χ1) is 7.86. The zero-order chi connectivity index (χ0) is 12.5. The minimum absolute atomic E-state index is 0.302. The standard InChI is InChI=1S/C14H28N2O/c1-13(2,9-15-12-5-6-12)10-16-8-4-7-14(3,17)11-16/h12,15,17H,4-11H2,1-3H3. The Kier molecular flexibility index (Phi) is 3.81. The molecule has 3 nitrogen and oxygen atoms in total. The predicted octanol–water partition coefficient (Wildman–Crippen LogP) is 1.61. The van der Waals surface area contributed by atoms with Crippen molar-refractivity contribution in [3.63, 3.8) is 0 Å². The second kappa shape index (κ2) is 4.87. The fourth-order valence-corrected chi connectivity index (χ4v) is 2.83. The van der Waals surface area contributed by atoms with E-state index in [9.17, 15) is 5.11 Å². The van der Waals surface area contributed by atoms with Gasteiger partial charge in [0.15, 0.2) is 0 Å². The Labute approximate surface area is 106 Å². The monoisotopic (exact) mass is 240 g/mol. The molecule has 0 aromatic carbocycles. The molecular formula is C14H28N2O. The van der Waals surface area contributed by atoms with E-state index in [-0.39, 0.29) is 0 Å². The van der Waals surface area contributed by atoms with Gasteiger partial charge in [-0.05, 0) is 44.6 Å². The van der Waals surface area contributed by atoms with Crippen molar-refractivity contribution >= 4 is 0 Å². The average Bonchev–Trinajstić information content (AvgIpc) is 2.95. The summed E-state index contributed by atoms with van der Waals surface area (Å²) in [5.41, 5.74) is -0.172. The number of aliphatic hydroxyl groups is 1. The minimum Gasteiger partial charge on any atom is -0.389 e. The maximum absolute atomic E-state index is 10.1. The van der Waals surface area contributed by atoms with Crippen LogP contribution in [0.5, 0.6) is 0 Å². The largest absolute Gasteiger partial charge is 0.389 e. The maximum Gasteiger partial charge on any atom is 0.0746 e. The van der Waals surface area contributed by atoms with Crippen molar-refractivity contribution in [2.45, 2.75) is 58.1 Å². The van der Waals surface area contributed by atoms with Crippen LogP contribution < -0.4 is 5.32 Å². The quantitative estimate of drug-likeness (QED) is 0.766. The molecule has 2 fully saturated rings. The van der Waals surface area contributed by atoms with Crippen molar-refractivity contribution in [3.05, 3.63) is 0 Å². The molecular weight excluding hydrogens is 212 g/mol. The van der Waals surface area contributed by atoms with E-state index in [2.05, 4.69) is 24.1 Å². The van der Waals surface area contributed by atoms with Gasteiger partial charge in [-0.25, -0.2) is 0 Å². The van der Waals surface area contributed by atoms with Crippen LogP contribution in [0.15, 0.2) is 0 Å². The Morgan fingerprint density at radius 1 is 1.41 bits per heavy atom. The molecule has 2 aliphatic rings. The molecule has 1 atom stereocenters. The maximum atomic E-state index is 10.1. The molecule has 1 saturated heterocycles. The molecule has 0 aromatic heterocycles.